The zero-order chi connectivity index (χ0) is 16.8. The number of hydrogen-bond donors (Lipinski definition) is 0. The minimum absolute atomic E-state index is 0.210. The van der Waals surface area contributed by atoms with Gasteiger partial charge in [0.05, 0.1) is 0 Å². The lowest BCUT2D eigenvalue weighted by Gasteiger charge is -2.30. The molecule has 1 aliphatic heterocycles. The van der Waals surface area contributed by atoms with Crippen LogP contribution in [0, 0.1) is 5.92 Å². The molecule has 1 atom stereocenters. The Hall–Kier alpha value is -2.36. The molecule has 23 heavy (non-hydrogen) atoms. The zero-order valence-electron chi connectivity index (χ0n) is 13.9. The number of fused-ring (bicyclic) bond motifs is 1. The third-order valence-electron chi connectivity index (χ3n) is 4.31. The van der Waals surface area contributed by atoms with Crippen LogP contribution in [-0.4, -0.2) is 22.5 Å². The van der Waals surface area contributed by atoms with Gasteiger partial charge in [0, 0.05) is 5.92 Å². The molecule has 1 saturated heterocycles. The second-order valence-corrected chi connectivity index (χ2v) is 6.81. The summed E-state index contributed by atoms with van der Waals surface area (Å²) in [4.78, 5) is 26.2. The third kappa shape index (κ3) is 2.48. The molecule has 0 bridgehead atoms. The van der Waals surface area contributed by atoms with Gasteiger partial charge in [-0.3, -0.25) is 4.79 Å². The monoisotopic (exact) mass is 311 g/mol. The highest BCUT2D eigenvalue weighted by Crippen LogP contribution is 2.43. The van der Waals surface area contributed by atoms with Gasteiger partial charge in [-0.05, 0) is 30.2 Å². The van der Waals surface area contributed by atoms with Gasteiger partial charge in [0.1, 0.15) is 11.6 Å². The summed E-state index contributed by atoms with van der Waals surface area (Å²) in [5.41, 5.74) is 0.166. The Morgan fingerprint density at radius 3 is 2.48 bits per heavy atom. The summed E-state index contributed by atoms with van der Waals surface area (Å²) in [7, 11) is 0. The number of amides is 2. The van der Waals surface area contributed by atoms with Crippen molar-refractivity contribution in [3.05, 3.63) is 48.0 Å². The largest absolute Gasteiger partial charge is 0.440 e. The van der Waals surface area contributed by atoms with Crippen molar-refractivity contribution in [3.8, 4) is 0 Å². The molecule has 0 spiro atoms. The molecule has 0 unspecified atom stereocenters. The summed E-state index contributed by atoms with van der Waals surface area (Å²) in [6, 6.07) is 13.5. The first-order valence-corrected chi connectivity index (χ1v) is 7.86. The zero-order valence-corrected chi connectivity index (χ0v) is 13.9. The van der Waals surface area contributed by atoms with Crippen molar-refractivity contribution >= 4 is 22.8 Å². The Kier molecular flexibility index (Phi) is 3.63. The number of rotatable bonds is 2. The highest BCUT2D eigenvalue weighted by atomic mass is 16.6. The van der Waals surface area contributed by atoms with Crippen LogP contribution >= 0.6 is 0 Å². The van der Waals surface area contributed by atoms with E-state index in [1.165, 1.54) is 4.90 Å². The summed E-state index contributed by atoms with van der Waals surface area (Å²) >= 11 is 0. The van der Waals surface area contributed by atoms with Gasteiger partial charge in [-0.2, -0.15) is 0 Å². The van der Waals surface area contributed by atoms with Gasteiger partial charge in [-0.15, -0.1) is 0 Å². The first kappa shape index (κ1) is 15.5. The maximum absolute atomic E-state index is 12.6. The standard InChI is InChI=1S/C19H21NO3/c1-12(2)17(21)20-16(19(3,4)23-18(20)22)15-11-7-9-13-8-5-6-10-14(13)15/h5-12,16H,1-4H3/t16-/m0/s1. The summed E-state index contributed by atoms with van der Waals surface area (Å²) in [6.45, 7) is 7.29. The number of carbonyl (C=O) groups is 2. The number of cyclic esters (lactones) is 1. The summed E-state index contributed by atoms with van der Waals surface area (Å²) in [5.74, 6) is -0.479. The Morgan fingerprint density at radius 2 is 1.78 bits per heavy atom. The SMILES string of the molecule is CC(C)C(=O)N1C(=O)OC(C)(C)[C@@H]1c1cccc2ccccc12. The van der Waals surface area contributed by atoms with Crippen LogP contribution in [0.25, 0.3) is 10.8 Å². The number of ether oxygens (including phenoxy) is 1. The molecule has 0 N–H and O–H groups in total. The molecule has 3 rings (SSSR count). The fourth-order valence-corrected chi connectivity index (χ4v) is 3.24. The molecule has 120 valence electrons. The van der Waals surface area contributed by atoms with E-state index in [0.717, 1.165) is 16.3 Å². The van der Waals surface area contributed by atoms with Crippen LogP contribution in [-0.2, 0) is 9.53 Å². The van der Waals surface area contributed by atoms with E-state index in [-0.39, 0.29) is 11.8 Å². The van der Waals surface area contributed by atoms with Crippen LogP contribution in [0.2, 0.25) is 0 Å². The van der Waals surface area contributed by atoms with Crippen molar-refractivity contribution < 1.29 is 14.3 Å². The Morgan fingerprint density at radius 1 is 1.13 bits per heavy atom. The molecule has 0 aromatic heterocycles. The number of nitrogens with zero attached hydrogens (tertiary/aromatic N) is 1. The predicted octanol–water partition coefficient (Wildman–Crippen LogP) is 4.29. The molecule has 4 heteroatoms. The molecule has 1 heterocycles. The van der Waals surface area contributed by atoms with Gasteiger partial charge >= 0.3 is 6.09 Å². The van der Waals surface area contributed by atoms with E-state index in [1.807, 2.05) is 56.3 Å². The fraction of sp³-hybridized carbons (Fsp3) is 0.368. The molecule has 0 saturated carbocycles. The highest BCUT2D eigenvalue weighted by Gasteiger charge is 2.52. The van der Waals surface area contributed by atoms with Crippen LogP contribution in [0.4, 0.5) is 4.79 Å². The van der Waals surface area contributed by atoms with E-state index in [9.17, 15) is 9.59 Å². The normalized spacial score (nSPS) is 20.1. The second-order valence-electron chi connectivity index (χ2n) is 6.81. The quantitative estimate of drug-likeness (QED) is 0.831. The molecule has 2 aromatic carbocycles. The molecule has 1 aliphatic rings. The third-order valence-corrected chi connectivity index (χ3v) is 4.31. The van der Waals surface area contributed by atoms with E-state index in [2.05, 4.69) is 0 Å². The summed E-state index contributed by atoms with van der Waals surface area (Å²) in [6.07, 6.45) is -0.563. The van der Waals surface area contributed by atoms with Gasteiger partial charge in [-0.25, -0.2) is 9.69 Å². The van der Waals surface area contributed by atoms with Crippen LogP contribution < -0.4 is 0 Å². The van der Waals surface area contributed by atoms with Crippen molar-refractivity contribution in [2.45, 2.75) is 39.3 Å². The smallest absolute Gasteiger partial charge is 0.417 e. The van der Waals surface area contributed by atoms with Crippen molar-refractivity contribution in [1.29, 1.82) is 0 Å². The molecule has 1 fully saturated rings. The lowest BCUT2D eigenvalue weighted by atomic mass is 9.88. The minimum atomic E-state index is -0.772. The topological polar surface area (TPSA) is 46.6 Å². The van der Waals surface area contributed by atoms with E-state index in [1.54, 1.807) is 13.8 Å². The van der Waals surface area contributed by atoms with E-state index < -0.39 is 17.7 Å². The van der Waals surface area contributed by atoms with Crippen LogP contribution in [0.5, 0.6) is 0 Å². The summed E-state index contributed by atoms with van der Waals surface area (Å²) in [5, 5.41) is 2.12. The molecule has 2 amide bonds. The Labute approximate surface area is 136 Å². The first-order chi connectivity index (χ1) is 10.8. The minimum Gasteiger partial charge on any atom is -0.440 e. The number of imide groups is 1. The van der Waals surface area contributed by atoms with Gasteiger partial charge in [-0.1, -0.05) is 56.3 Å². The Bertz CT molecular complexity index is 774. The van der Waals surface area contributed by atoms with Crippen molar-refractivity contribution in [1.82, 2.24) is 4.90 Å². The maximum atomic E-state index is 12.6. The number of benzene rings is 2. The van der Waals surface area contributed by atoms with E-state index >= 15 is 0 Å². The van der Waals surface area contributed by atoms with Crippen LogP contribution in [0.15, 0.2) is 42.5 Å². The Balaban J connectivity index is 2.20. The van der Waals surface area contributed by atoms with Gasteiger partial charge in [0.25, 0.3) is 0 Å². The molecular formula is C19H21NO3. The van der Waals surface area contributed by atoms with Crippen molar-refractivity contribution in [2.24, 2.45) is 5.92 Å². The lowest BCUT2D eigenvalue weighted by Crippen LogP contribution is -2.40. The molecular weight excluding hydrogens is 290 g/mol. The number of carbonyl (C=O) groups excluding carboxylic acids is 2. The molecule has 4 nitrogen and oxygen atoms in total. The molecule has 0 aliphatic carbocycles. The highest BCUT2D eigenvalue weighted by molar-refractivity contribution is 5.96. The lowest BCUT2D eigenvalue weighted by molar-refractivity contribution is -0.133. The maximum Gasteiger partial charge on any atom is 0.417 e. The van der Waals surface area contributed by atoms with Gasteiger partial charge in [0.15, 0.2) is 0 Å². The van der Waals surface area contributed by atoms with Crippen molar-refractivity contribution in [3.63, 3.8) is 0 Å². The van der Waals surface area contributed by atoms with Gasteiger partial charge in [0.2, 0.25) is 5.91 Å². The average molecular weight is 311 g/mol. The number of hydrogen-bond acceptors (Lipinski definition) is 3. The van der Waals surface area contributed by atoms with E-state index in [0.29, 0.717) is 0 Å². The van der Waals surface area contributed by atoms with E-state index in [4.69, 9.17) is 4.74 Å². The van der Waals surface area contributed by atoms with Crippen LogP contribution in [0.3, 0.4) is 0 Å². The average Bonchev–Trinajstić information content (AvgIpc) is 2.74. The fourth-order valence-electron chi connectivity index (χ4n) is 3.24. The first-order valence-electron chi connectivity index (χ1n) is 7.86. The summed E-state index contributed by atoms with van der Waals surface area (Å²) < 4.78 is 5.51. The van der Waals surface area contributed by atoms with Gasteiger partial charge < -0.3 is 4.74 Å². The second kappa shape index (κ2) is 5.37. The van der Waals surface area contributed by atoms with Crippen LogP contribution in [0.1, 0.15) is 39.3 Å². The molecule has 2 aromatic rings. The molecule has 0 radical (unpaired) electrons. The predicted molar refractivity (Wildman–Crippen MR) is 88.9 cm³/mol. The van der Waals surface area contributed by atoms with Crippen molar-refractivity contribution in [2.75, 3.05) is 0 Å².